The molecule has 0 aliphatic carbocycles. The first-order valence-corrected chi connectivity index (χ1v) is 4.28. The third-order valence-electron chi connectivity index (χ3n) is 1.78. The second-order valence-electron chi connectivity index (χ2n) is 2.79. The topological polar surface area (TPSA) is 55.1 Å². The highest BCUT2D eigenvalue weighted by atomic mass is 16.1. The summed E-state index contributed by atoms with van der Waals surface area (Å²) in [7, 11) is 0. The van der Waals surface area contributed by atoms with Gasteiger partial charge in [0.1, 0.15) is 0 Å². The Hall–Kier alpha value is -1.79. The number of hydrogen-bond acceptors (Lipinski definition) is 2. The summed E-state index contributed by atoms with van der Waals surface area (Å²) in [4.78, 5) is 11.4. The standard InChI is InChI=1S/C11H12N2O/c1-2-6-13-11(14)10-5-3-4-9(7-10)8-12/h1,3-5,7H,6,8,12H2,(H,13,14). The van der Waals surface area contributed by atoms with Crippen molar-refractivity contribution in [1.29, 1.82) is 0 Å². The second-order valence-corrected chi connectivity index (χ2v) is 2.79. The molecule has 3 nitrogen and oxygen atoms in total. The van der Waals surface area contributed by atoms with E-state index in [-0.39, 0.29) is 12.5 Å². The zero-order valence-corrected chi connectivity index (χ0v) is 7.79. The first-order chi connectivity index (χ1) is 6.77. The van der Waals surface area contributed by atoms with Crippen molar-refractivity contribution in [3.05, 3.63) is 35.4 Å². The summed E-state index contributed by atoms with van der Waals surface area (Å²) >= 11 is 0. The van der Waals surface area contributed by atoms with Crippen molar-refractivity contribution >= 4 is 5.91 Å². The third-order valence-corrected chi connectivity index (χ3v) is 1.78. The molecule has 0 fully saturated rings. The van der Waals surface area contributed by atoms with Crippen LogP contribution in [0.2, 0.25) is 0 Å². The normalized spacial score (nSPS) is 9.14. The van der Waals surface area contributed by atoms with Gasteiger partial charge in [0.05, 0.1) is 6.54 Å². The van der Waals surface area contributed by atoms with Crippen molar-refractivity contribution in [3.8, 4) is 12.3 Å². The Morgan fingerprint density at radius 2 is 2.36 bits per heavy atom. The van der Waals surface area contributed by atoms with Crippen LogP contribution in [-0.2, 0) is 6.54 Å². The van der Waals surface area contributed by atoms with Gasteiger partial charge in [-0.25, -0.2) is 0 Å². The van der Waals surface area contributed by atoms with Gasteiger partial charge in [0, 0.05) is 12.1 Å². The molecule has 0 aliphatic heterocycles. The molecule has 0 aliphatic rings. The zero-order valence-electron chi connectivity index (χ0n) is 7.79. The van der Waals surface area contributed by atoms with Gasteiger partial charge in [-0.1, -0.05) is 18.1 Å². The fourth-order valence-electron chi connectivity index (χ4n) is 1.07. The van der Waals surface area contributed by atoms with E-state index in [0.717, 1.165) is 5.56 Å². The minimum absolute atomic E-state index is 0.168. The van der Waals surface area contributed by atoms with Crippen molar-refractivity contribution in [2.24, 2.45) is 5.73 Å². The van der Waals surface area contributed by atoms with Crippen LogP contribution in [-0.4, -0.2) is 12.5 Å². The fraction of sp³-hybridized carbons (Fsp3) is 0.182. The molecule has 0 aromatic heterocycles. The lowest BCUT2D eigenvalue weighted by molar-refractivity contribution is 0.0958. The molecule has 1 aromatic carbocycles. The van der Waals surface area contributed by atoms with Crippen molar-refractivity contribution in [2.45, 2.75) is 6.54 Å². The summed E-state index contributed by atoms with van der Waals surface area (Å²) in [6.45, 7) is 0.669. The van der Waals surface area contributed by atoms with E-state index in [0.29, 0.717) is 12.1 Å². The van der Waals surface area contributed by atoms with Gasteiger partial charge < -0.3 is 11.1 Å². The Kier molecular flexibility index (Phi) is 3.71. The van der Waals surface area contributed by atoms with Crippen LogP contribution in [0.4, 0.5) is 0 Å². The molecule has 14 heavy (non-hydrogen) atoms. The van der Waals surface area contributed by atoms with E-state index in [1.165, 1.54) is 0 Å². The zero-order chi connectivity index (χ0) is 10.4. The number of amides is 1. The second kappa shape index (κ2) is 5.05. The van der Waals surface area contributed by atoms with Crippen molar-refractivity contribution in [1.82, 2.24) is 5.32 Å². The average Bonchev–Trinajstić information content (AvgIpc) is 2.26. The number of terminal acetylenes is 1. The van der Waals surface area contributed by atoms with Gasteiger partial charge in [-0.05, 0) is 17.7 Å². The van der Waals surface area contributed by atoms with Crippen molar-refractivity contribution in [3.63, 3.8) is 0 Å². The predicted molar refractivity (Wildman–Crippen MR) is 55.5 cm³/mol. The van der Waals surface area contributed by atoms with Crippen LogP contribution in [0.15, 0.2) is 24.3 Å². The van der Waals surface area contributed by atoms with E-state index >= 15 is 0 Å². The SMILES string of the molecule is C#CCNC(=O)c1cccc(CN)c1. The largest absolute Gasteiger partial charge is 0.341 e. The third kappa shape index (κ3) is 2.61. The van der Waals surface area contributed by atoms with Crippen LogP contribution in [0.1, 0.15) is 15.9 Å². The molecule has 3 heteroatoms. The Morgan fingerprint density at radius 1 is 1.57 bits per heavy atom. The van der Waals surface area contributed by atoms with E-state index in [4.69, 9.17) is 12.2 Å². The smallest absolute Gasteiger partial charge is 0.252 e. The number of rotatable bonds is 3. The molecular formula is C11H12N2O. The lowest BCUT2D eigenvalue weighted by atomic mass is 10.1. The van der Waals surface area contributed by atoms with E-state index in [1.54, 1.807) is 18.2 Å². The van der Waals surface area contributed by atoms with Crippen LogP contribution in [0.3, 0.4) is 0 Å². The Balaban J connectivity index is 2.75. The Morgan fingerprint density at radius 3 is 3.00 bits per heavy atom. The van der Waals surface area contributed by atoms with Gasteiger partial charge in [0.25, 0.3) is 5.91 Å². The van der Waals surface area contributed by atoms with Gasteiger partial charge in [-0.3, -0.25) is 4.79 Å². The van der Waals surface area contributed by atoms with Crippen LogP contribution in [0.25, 0.3) is 0 Å². The van der Waals surface area contributed by atoms with Crippen LogP contribution in [0.5, 0.6) is 0 Å². The molecule has 0 unspecified atom stereocenters. The number of nitrogens with one attached hydrogen (secondary N) is 1. The van der Waals surface area contributed by atoms with Crippen molar-refractivity contribution < 1.29 is 4.79 Å². The van der Waals surface area contributed by atoms with Crippen LogP contribution < -0.4 is 11.1 Å². The van der Waals surface area contributed by atoms with Crippen LogP contribution in [0, 0.1) is 12.3 Å². The highest BCUT2D eigenvalue weighted by Gasteiger charge is 2.03. The summed E-state index contributed by atoms with van der Waals surface area (Å²) in [5, 5.41) is 2.58. The Labute approximate surface area is 83.3 Å². The first-order valence-electron chi connectivity index (χ1n) is 4.28. The molecule has 1 rings (SSSR count). The summed E-state index contributed by atoms with van der Waals surface area (Å²) in [5.74, 6) is 2.17. The minimum Gasteiger partial charge on any atom is -0.341 e. The molecule has 0 spiro atoms. The summed E-state index contributed by atoms with van der Waals surface area (Å²) in [6, 6.07) is 7.15. The molecule has 1 aromatic rings. The maximum Gasteiger partial charge on any atom is 0.252 e. The molecule has 0 saturated heterocycles. The van der Waals surface area contributed by atoms with Crippen LogP contribution >= 0.6 is 0 Å². The van der Waals surface area contributed by atoms with Gasteiger partial charge in [-0.2, -0.15) is 0 Å². The molecule has 3 N–H and O–H groups in total. The fourth-order valence-corrected chi connectivity index (χ4v) is 1.07. The van der Waals surface area contributed by atoms with Gasteiger partial charge >= 0.3 is 0 Å². The minimum atomic E-state index is -0.168. The molecule has 0 atom stereocenters. The number of benzene rings is 1. The number of nitrogens with two attached hydrogens (primary N) is 1. The maximum atomic E-state index is 11.4. The van der Waals surface area contributed by atoms with Crippen molar-refractivity contribution in [2.75, 3.05) is 6.54 Å². The monoisotopic (exact) mass is 188 g/mol. The molecule has 0 heterocycles. The summed E-state index contributed by atoms with van der Waals surface area (Å²) in [6.07, 6.45) is 5.03. The first kappa shape index (κ1) is 10.3. The number of carbonyl (C=O) groups is 1. The Bertz CT molecular complexity index is 366. The van der Waals surface area contributed by atoms with E-state index in [2.05, 4.69) is 11.2 Å². The van der Waals surface area contributed by atoms with E-state index in [1.807, 2.05) is 6.07 Å². The molecular weight excluding hydrogens is 176 g/mol. The molecule has 0 saturated carbocycles. The molecule has 0 radical (unpaired) electrons. The quantitative estimate of drug-likeness (QED) is 0.679. The van der Waals surface area contributed by atoms with Gasteiger partial charge in [-0.15, -0.1) is 6.42 Å². The molecule has 0 bridgehead atoms. The molecule has 1 amide bonds. The van der Waals surface area contributed by atoms with E-state index in [9.17, 15) is 4.79 Å². The lowest BCUT2D eigenvalue weighted by Gasteiger charge is -2.03. The van der Waals surface area contributed by atoms with Gasteiger partial charge in [0.15, 0.2) is 0 Å². The van der Waals surface area contributed by atoms with Gasteiger partial charge in [0.2, 0.25) is 0 Å². The number of hydrogen-bond donors (Lipinski definition) is 2. The maximum absolute atomic E-state index is 11.4. The lowest BCUT2D eigenvalue weighted by Crippen LogP contribution is -2.23. The summed E-state index contributed by atoms with van der Waals surface area (Å²) < 4.78 is 0. The number of carbonyl (C=O) groups excluding carboxylic acids is 1. The van der Waals surface area contributed by atoms with E-state index < -0.39 is 0 Å². The highest BCUT2D eigenvalue weighted by Crippen LogP contribution is 2.03. The molecule has 72 valence electrons. The predicted octanol–water partition coefficient (Wildman–Crippen LogP) is 0.508. The highest BCUT2D eigenvalue weighted by molar-refractivity contribution is 5.94. The summed E-state index contributed by atoms with van der Waals surface area (Å²) in [5.41, 5.74) is 6.97. The average molecular weight is 188 g/mol.